The van der Waals surface area contributed by atoms with Gasteiger partial charge in [0, 0.05) is 44.4 Å². The van der Waals surface area contributed by atoms with Gasteiger partial charge in [-0.2, -0.15) is 4.31 Å². The number of ether oxygens (including phenoxy) is 1. The summed E-state index contributed by atoms with van der Waals surface area (Å²) < 4.78 is 32.7. The first-order valence-corrected chi connectivity index (χ1v) is 11.0. The van der Waals surface area contributed by atoms with Gasteiger partial charge in [-0.25, -0.2) is 8.42 Å². The molecule has 0 spiro atoms. The smallest absolute Gasteiger partial charge is 0.269 e. The maximum absolute atomic E-state index is 12.9. The van der Waals surface area contributed by atoms with Crippen LogP contribution in [0.15, 0.2) is 53.4 Å². The van der Waals surface area contributed by atoms with Gasteiger partial charge < -0.3 is 4.74 Å². The molecule has 3 rings (SSSR count). The van der Waals surface area contributed by atoms with Crippen LogP contribution in [-0.4, -0.2) is 55.3 Å². The van der Waals surface area contributed by atoms with Crippen LogP contribution < -0.4 is 4.74 Å². The molecule has 29 heavy (non-hydrogen) atoms. The maximum Gasteiger partial charge on any atom is 0.269 e. The quantitative estimate of drug-likeness (QED) is 0.506. The molecule has 0 aliphatic carbocycles. The molecule has 1 aliphatic rings. The molecule has 156 valence electrons. The predicted molar refractivity (Wildman–Crippen MR) is 109 cm³/mol. The highest BCUT2D eigenvalue weighted by atomic mass is 32.2. The van der Waals surface area contributed by atoms with E-state index < -0.39 is 14.9 Å². The van der Waals surface area contributed by atoms with E-state index in [4.69, 9.17) is 4.74 Å². The molecule has 0 bridgehead atoms. The maximum atomic E-state index is 12.9. The molecule has 0 unspecified atom stereocenters. The third kappa shape index (κ3) is 4.75. The summed E-state index contributed by atoms with van der Waals surface area (Å²) >= 11 is 0. The predicted octanol–water partition coefficient (Wildman–Crippen LogP) is 3.06. The number of hydrogen-bond acceptors (Lipinski definition) is 6. The zero-order chi connectivity index (χ0) is 21.0. The van der Waals surface area contributed by atoms with Crippen molar-refractivity contribution in [3.8, 4) is 5.75 Å². The SMILES string of the molecule is CCOc1ccc(S(=O)(=O)N2CCN([C@H](C)c3cccc([N+](=O)[O-])c3)CC2)cc1. The van der Waals surface area contributed by atoms with Crippen molar-refractivity contribution < 1.29 is 18.1 Å². The Bertz CT molecular complexity index is 954. The van der Waals surface area contributed by atoms with Crippen molar-refractivity contribution in [3.63, 3.8) is 0 Å². The van der Waals surface area contributed by atoms with E-state index in [1.54, 1.807) is 36.4 Å². The lowest BCUT2D eigenvalue weighted by atomic mass is 10.1. The van der Waals surface area contributed by atoms with Crippen molar-refractivity contribution in [2.75, 3.05) is 32.8 Å². The number of rotatable bonds is 7. The summed E-state index contributed by atoms with van der Waals surface area (Å²) in [7, 11) is -3.56. The van der Waals surface area contributed by atoms with Crippen LogP contribution in [-0.2, 0) is 10.0 Å². The summed E-state index contributed by atoms with van der Waals surface area (Å²) in [4.78, 5) is 13.0. The van der Waals surface area contributed by atoms with Crippen molar-refractivity contribution in [2.24, 2.45) is 0 Å². The molecule has 1 heterocycles. The molecule has 8 nitrogen and oxygen atoms in total. The third-order valence-electron chi connectivity index (χ3n) is 5.16. The summed E-state index contributed by atoms with van der Waals surface area (Å²) in [5.41, 5.74) is 0.910. The van der Waals surface area contributed by atoms with E-state index in [-0.39, 0.29) is 16.6 Å². The highest BCUT2D eigenvalue weighted by Crippen LogP contribution is 2.27. The highest BCUT2D eigenvalue weighted by Gasteiger charge is 2.30. The zero-order valence-corrected chi connectivity index (χ0v) is 17.3. The summed E-state index contributed by atoms with van der Waals surface area (Å²) in [5, 5.41) is 11.0. The normalized spacial score (nSPS) is 17.0. The van der Waals surface area contributed by atoms with E-state index in [1.807, 2.05) is 19.9 Å². The molecule has 0 saturated carbocycles. The van der Waals surface area contributed by atoms with Gasteiger partial charge in [0.05, 0.1) is 16.4 Å². The van der Waals surface area contributed by atoms with Gasteiger partial charge in [-0.3, -0.25) is 15.0 Å². The molecule has 1 atom stereocenters. The van der Waals surface area contributed by atoms with Gasteiger partial charge in [-0.1, -0.05) is 12.1 Å². The van der Waals surface area contributed by atoms with Crippen LogP contribution in [0.5, 0.6) is 5.75 Å². The number of nitro groups is 1. The van der Waals surface area contributed by atoms with Gasteiger partial charge in [-0.15, -0.1) is 0 Å². The van der Waals surface area contributed by atoms with E-state index in [1.165, 1.54) is 10.4 Å². The number of hydrogen-bond donors (Lipinski definition) is 0. The molecule has 9 heteroatoms. The number of non-ortho nitro benzene ring substituents is 1. The molecular weight excluding hydrogens is 394 g/mol. The summed E-state index contributed by atoms with van der Waals surface area (Å²) in [6.45, 7) is 6.23. The van der Waals surface area contributed by atoms with Gasteiger partial charge in [0.25, 0.3) is 5.69 Å². The molecular formula is C20H25N3O5S. The molecule has 0 radical (unpaired) electrons. The van der Waals surface area contributed by atoms with E-state index in [2.05, 4.69) is 4.90 Å². The van der Waals surface area contributed by atoms with Gasteiger partial charge in [0.2, 0.25) is 10.0 Å². The van der Waals surface area contributed by atoms with Crippen LogP contribution in [0.1, 0.15) is 25.5 Å². The second kappa shape index (κ2) is 8.89. The average molecular weight is 420 g/mol. The molecule has 0 aromatic heterocycles. The second-order valence-corrected chi connectivity index (χ2v) is 8.81. The Morgan fingerprint density at radius 1 is 1.10 bits per heavy atom. The first kappa shape index (κ1) is 21.2. The second-order valence-electron chi connectivity index (χ2n) is 6.87. The minimum atomic E-state index is -3.56. The Labute approximate surface area is 170 Å². The molecule has 1 fully saturated rings. The lowest BCUT2D eigenvalue weighted by molar-refractivity contribution is -0.385. The van der Waals surface area contributed by atoms with Crippen LogP contribution >= 0.6 is 0 Å². The van der Waals surface area contributed by atoms with Gasteiger partial charge in [0.15, 0.2) is 0 Å². The van der Waals surface area contributed by atoms with Crippen molar-refractivity contribution >= 4 is 15.7 Å². The van der Waals surface area contributed by atoms with Crippen LogP contribution in [0.3, 0.4) is 0 Å². The Balaban J connectivity index is 1.66. The molecule has 1 saturated heterocycles. The molecule has 0 N–H and O–H groups in total. The largest absolute Gasteiger partial charge is 0.494 e. The van der Waals surface area contributed by atoms with E-state index >= 15 is 0 Å². The fourth-order valence-corrected chi connectivity index (χ4v) is 4.89. The van der Waals surface area contributed by atoms with Gasteiger partial charge in [-0.05, 0) is 43.7 Å². The Kier molecular flexibility index (Phi) is 6.51. The number of nitrogens with zero attached hydrogens (tertiary/aromatic N) is 3. The number of benzene rings is 2. The van der Waals surface area contributed by atoms with Crippen LogP contribution in [0.25, 0.3) is 0 Å². The van der Waals surface area contributed by atoms with Crippen molar-refractivity contribution in [1.29, 1.82) is 0 Å². The standard InChI is InChI=1S/C20H25N3O5S/c1-3-28-19-7-9-20(10-8-19)29(26,27)22-13-11-21(12-14-22)16(2)17-5-4-6-18(15-17)23(24)25/h4-10,15-16H,3,11-14H2,1-2H3/t16-/m1/s1. The topological polar surface area (TPSA) is 93.0 Å². The van der Waals surface area contributed by atoms with Crippen LogP contribution in [0, 0.1) is 10.1 Å². The molecule has 2 aromatic carbocycles. The average Bonchev–Trinajstić information content (AvgIpc) is 2.74. The monoisotopic (exact) mass is 419 g/mol. The number of piperazine rings is 1. The lowest BCUT2D eigenvalue weighted by Gasteiger charge is -2.37. The number of sulfonamides is 1. The minimum Gasteiger partial charge on any atom is -0.494 e. The van der Waals surface area contributed by atoms with Gasteiger partial charge in [0.1, 0.15) is 5.75 Å². The van der Waals surface area contributed by atoms with E-state index in [9.17, 15) is 18.5 Å². The highest BCUT2D eigenvalue weighted by molar-refractivity contribution is 7.89. The summed E-state index contributed by atoms with van der Waals surface area (Å²) in [6, 6.07) is 13.0. The van der Waals surface area contributed by atoms with Crippen LogP contribution in [0.2, 0.25) is 0 Å². The summed E-state index contributed by atoms with van der Waals surface area (Å²) in [6.07, 6.45) is 0. The minimum absolute atomic E-state index is 0.0368. The van der Waals surface area contributed by atoms with Crippen molar-refractivity contribution in [3.05, 3.63) is 64.2 Å². The first-order valence-electron chi connectivity index (χ1n) is 9.54. The number of nitro benzene ring substituents is 1. The lowest BCUT2D eigenvalue weighted by Crippen LogP contribution is -2.49. The Morgan fingerprint density at radius 3 is 2.34 bits per heavy atom. The fourth-order valence-electron chi connectivity index (χ4n) is 3.46. The summed E-state index contributed by atoms with van der Waals surface area (Å²) in [5.74, 6) is 0.641. The fraction of sp³-hybridized carbons (Fsp3) is 0.400. The third-order valence-corrected chi connectivity index (χ3v) is 7.07. The zero-order valence-electron chi connectivity index (χ0n) is 16.5. The van der Waals surface area contributed by atoms with Crippen molar-refractivity contribution in [1.82, 2.24) is 9.21 Å². The van der Waals surface area contributed by atoms with E-state index in [0.29, 0.717) is 38.5 Å². The Hall–Kier alpha value is -2.49. The molecule has 0 amide bonds. The molecule has 2 aromatic rings. The van der Waals surface area contributed by atoms with Crippen molar-refractivity contribution in [2.45, 2.75) is 24.8 Å². The Morgan fingerprint density at radius 2 is 1.76 bits per heavy atom. The van der Waals surface area contributed by atoms with E-state index in [0.717, 1.165) is 5.56 Å². The van der Waals surface area contributed by atoms with Gasteiger partial charge >= 0.3 is 0 Å². The van der Waals surface area contributed by atoms with Crippen LogP contribution in [0.4, 0.5) is 5.69 Å². The first-order chi connectivity index (χ1) is 13.8. The molecule has 1 aliphatic heterocycles.